The second-order valence-corrected chi connectivity index (χ2v) is 8.22. The van der Waals surface area contributed by atoms with Gasteiger partial charge in [0.25, 0.3) is 5.91 Å². The summed E-state index contributed by atoms with van der Waals surface area (Å²) in [4.78, 5) is 16.1. The van der Waals surface area contributed by atoms with E-state index in [1.165, 1.54) is 21.8 Å². The topological polar surface area (TPSA) is 92.5 Å². The number of thiophene rings is 1. The molecule has 1 aromatic rings. The van der Waals surface area contributed by atoms with Crippen molar-refractivity contribution in [2.75, 3.05) is 13.1 Å². The van der Waals surface area contributed by atoms with Crippen LogP contribution in [0.2, 0.25) is 0 Å². The van der Waals surface area contributed by atoms with Crippen molar-refractivity contribution in [2.45, 2.75) is 31.2 Å². The molecule has 0 spiro atoms. The van der Waals surface area contributed by atoms with Crippen LogP contribution in [0, 0.1) is 0 Å². The second-order valence-electron chi connectivity index (χ2n) is 5.24. The van der Waals surface area contributed by atoms with Crippen LogP contribution in [0.15, 0.2) is 6.07 Å². The second kappa shape index (κ2) is 5.10. The molecule has 1 amide bonds. The average Bonchev–Trinajstić information content (AvgIpc) is 2.97. The third kappa shape index (κ3) is 2.60. The SMILES string of the molecule is NS(=O)(=O)C1CCN(C(=O)c2cc3c(s2)CNC3)CC1. The molecule has 2 aliphatic heterocycles. The summed E-state index contributed by atoms with van der Waals surface area (Å²) in [7, 11) is -3.48. The van der Waals surface area contributed by atoms with Gasteiger partial charge < -0.3 is 10.2 Å². The van der Waals surface area contributed by atoms with E-state index in [-0.39, 0.29) is 5.91 Å². The maximum Gasteiger partial charge on any atom is 0.263 e. The Kier molecular flexibility index (Phi) is 3.57. The van der Waals surface area contributed by atoms with E-state index in [1.807, 2.05) is 6.07 Å². The fourth-order valence-electron chi connectivity index (χ4n) is 2.73. The number of hydrogen-bond acceptors (Lipinski definition) is 5. The highest BCUT2D eigenvalue weighted by Gasteiger charge is 2.30. The van der Waals surface area contributed by atoms with Crippen molar-refractivity contribution >= 4 is 27.3 Å². The van der Waals surface area contributed by atoms with Gasteiger partial charge in [0.1, 0.15) is 0 Å². The van der Waals surface area contributed by atoms with Crippen LogP contribution in [0.4, 0.5) is 0 Å². The summed E-state index contributed by atoms with van der Waals surface area (Å²) in [6.07, 6.45) is 0.856. The number of amides is 1. The molecule has 3 rings (SSSR count). The Hall–Kier alpha value is -0.960. The highest BCUT2D eigenvalue weighted by Crippen LogP contribution is 2.28. The van der Waals surface area contributed by atoms with Crippen molar-refractivity contribution in [1.29, 1.82) is 0 Å². The summed E-state index contributed by atoms with van der Waals surface area (Å²) in [5, 5.41) is 7.89. The number of carbonyl (C=O) groups is 1. The van der Waals surface area contributed by atoms with Gasteiger partial charge in [-0.05, 0) is 24.5 Å². The molecular weight excluding hydrogens is 298 g/mol. The summed E-state index contributed by atoms with van der Waals surface area (Å²) < 4.78 is 22.6. The molecule has 3 heterocycles. The number of primary sulfonamides is 1. The van der Waals surface area contributed by atoms with Gasteiger partial charge in [-0.15, -0.1) is 11.3 Å². The molecule has 0 bridgehead atoms. The van der Waals surface area contributed by atoms with E-state index >= 15 is 0 Å². The number of sulfonamides is 1. The van der Waals surface area contributed by atoms with Gasteiger partial charge in [0.05, 0.1) is 10.1 Å². The molecule has 110 valence electrons. The first-order valence-electron chi connectivity index (χ1n) is 6.58. The molecule has 3 N–H and O–H groups in total. The van der Waals surface area contributed by atoms with Crippen LogP contribution in [0.25, 0.3) is 0 Å². The smallest absolute Gasteiger partial charge is 0.263 e. The number of nitrogens with one attached hydrogen (secondary N) is 1. The molecule has 8 heteroatoms. The largest absolute Gasteiger partial charge is 0.338 e. The number of piperidine rings is 1. The van der Waals surface area contributed by atoms with Gasteiger partial charge in [-0.25, -0.2) is 13.6 Å². The molecule has 0 aromatic carbocycles. The fourth-order valence-corrected chi connectivity index (χ4v) is 4.71. The highest BCUT2D eigenvalue weighted by molar-refractivity contribution is 7.89. The van der Waals surface area contributed by atoms with Crippen LogP contribution in [-0.2, 0) is 23.1 Å². The number of rotatable bonds is 2. The van der Waals surface area contributed by atoms with E-state index in [4.69, 9.17) is 5.14 Å². The van der Waals surface area contributed by atoms with Crippen LogP contribution in [0.5, 0.6) is 0 Å². The Balaban J connectivity index is 1.67. The van der Waals surface area contributed by atoms with Gasteiger partial charge >= 0.3 is 0 Å². The van der Waals surface area contributed by atoms with Crippen molar-refractivity contribution in [2.24, 2.45) is 5.14 Å². The van der Waals surface area contributed by atoms with Crippen LogP contribution in [0.1, 0.15) is 33.0 Å². The summed E-state index contributed by atoms with van der Waals surface area (Å²) in [6, 6.07) is 1.95. The molecule has 1 fully saturated rings. The van der Waals surface area contributed by atoms with Gasteiger partial charge in [0, 0.05) is 31.1 Å². The number of hydrogen-bond donors (Lipinski definition) is 2. The third-order valence-electron chi connectivity index (χ3n) is 3.90. The quantitative estimate of drug-likeness (QED) is 0.818. The Morgan fingerprint density at radius 1 is 1.35 bits per heavy atom. The van der Waals surface area contributed by atoms with Crippen molar-refractivity contribution in [3.63, 3.8) is 0 Å². The lowest BCUT2D eigenvalue weighted by Crippen LogP contribution is -2.44. The predicted octanol–water partition coefficient (Wildman–Crippen LogP) is 0.244. The molecule has 1 aromatic heterocycles. The van der Waals surface area contributed by atoms with E-state index < -0.39 is 15.3 Å². The first-order valence-corrected chi connectivity index (χ1v) is 9.01. The van der Waals surface area contributed by atoms with Crippen LogP contribution < -0.4 is 10.5 Å². The zero-order valence-corrected chi connectivity index (χ0v) is 12.6. The number of fused-ring (bicyclic) bond motifs is 1. The standard InChI is InChI=1S/C12H17N3O3S2/c13-20(17,18)9-1-3-15(4-2-9)12(16)10-5-8-6-14-7-11(8)19-10/h5,9,14H,1-4,6-7H2,(H2,13,17,18). The van der Waals surface area contributed by atoms with Crippen LogP contribution in [-0.4, -0.2) is 37.6 Å². The lowest BCUT2D eigenvalue weighted by Gasteiger charge is -2.30. The van der Waals surface area contributed by atoms with Gasteiger partial charge in [-0.3, -0.25) is 4.79 Å². The van der Waals surface area contributed by atoms with E-state index in [1.54, 1.807) is 4.90 Å². The van der Waals surface area contributed by atoms with Gasteiger partial charge in [0.2, 0.25) is 10.0 Å². The van der Waals surface area contributed by atoms with Crippen molar-refractivity contribution < 1.29 is 13.2 Å². The Labute approximate surface area is 122 Å². The van der Waals surface area contributed by atoms with Gasteiger partial charge in [0.15, 0.2) is 0 Å². The van der Waals surface area contributed by atoms with Crippen molar-refractivity contribution in [3.8, 4) is 0 Å². The predicted molar refractivity (Wildman–Crippen MR) is 76.9 cm³/mol. The van der Waals surface area contributed by atoms with Crippen molar-refractivity contribution in [3.05, 3.63) is 21.4 Å². The maximum atomic E-state index is 12.4. The normalized spacial score (nSPS) is 20.1. The zero-order valence-electron chi connectivity index (χ0n) is 11.0. The fraction of sp³-hybridized carbons (Fsp3) is 0.583. The monoisotopic (exact) mass is 315 g/mol. The minimum atomic E-state index is -3.48. The van der Waals surface area contributed by atoms with Gasteiger partial charge in [-0.2, -0.15) is 0 Å². The first-order chi connectivity index (χ1) is 9.45. The Morgan fingerprint density at radius 2 is 2.05 bits per heavy atom. The average molecular weight is 315 g/mol. The number of likely N-dealkylation sites (tertiary alicyclic amines) is 1. The minimum absolute atomic E-state index is 0.0114. The third-order valence-corrected chi connectivity index (χ3v) is 6.47. The van der Waals surface area contributed by atoms with Gasteiger partial charge in [-0.1, -0.05) is 0 Å². The number of nitrogens with zero attached hydrogens (tertiary/aromatic N) is 1. The van der Waals surface area contributed by atoms with E-state index in [2.05, 4.69) is 5.32 Å². The molecular formula is C12H17N3O3S2. The summed E-state index contributed by atoms with van der Waals surface area (Å²) in [5.74, 6) is 0.0114. The number of carbonyl (C=O) groups excluding carboxylic acids is 1. The summed E-state index contributed by atoms with van der Waals surface area (Å²) >= 11 is 1.53. The van der Waals surface area contributed by atoms with E-state index in [0.717, 1.165) is 18.0 Å². The van der Waals surface area contributed by atoms with E-state index in [0.29, 0.717) is 25.9 Å². The number of nitrogens with two attached hydrogens (primary N) is 1. The zero-order chi connectivity index (χ0) is 14.3. The summed E-state index contributed by atoms with van der Waals surface area (Å²) in [5.41, 5.74) is 1.21. The lowest BCUT2D eigenvalue weighted by molar-refractivity contribution is 0.0730. The minimum Gasteiger partial charge on any atom is -0.338 e. The molecule has 0 radical (unpaired) electrons. The van der Waals surface area contributed by atoms with Crippen LogP contribution >= 0.6 is 11.3 Å². The molecule has 2 aliphatic rings. The van der Waals surface area contributed by atoms with Crippen LogP contribution in [0.3, 0.4) is 0 Å². The molecule has 0 saturated carbocycles. The highest BCUT2D eigenvalue weighted by atomic mass is 32.2. The molecule has 1 saturated heterocycles. The van der Waals surface area contributed by atoms with E-state index in [9.17, 15) is 13.2 Å². The molecule has 6 nitrogen and oxygen atoms in total. The molecule has 0 atom stereocenters. The first kappa shape index (κ1) is 14.0. The Bertz CT molecular complexity index is 609. The lowest BCUT2D eigenvalue weighted by atomic mass is 10.1. The molecule has 0 aliphatic carbocycles. The van der Waals surface area contributed by atoms with Crippen molar-refractivity contribution in [1.82, 2.24) is 10.2 Å². The summed E-state index contributed by atoms with van der Waals surface area (Å²) in [6.45, 7) is 2.58. The molecule has 0 unspecified atom stereocenters. The maximum absolute atomic E-state index is 12.4. The molecule has 20 heavy (non-hydrogen) atoms. The Morgan fingerprint density at radius 3 is 2.65 bits per heavy atom.